The largest absolute Gasteiger partial charge is 0.372 e. The number of ether oxygens (including phenoxy) is 1. The number of hydrogen-bond donors (Lipinski definition) is 2. The van der Waals surface area contributed by atoms with E-state index in [2.05, 4.69) is 4.98 Å². The minimum absolute atomic E-state index is 0.108. The quantitative estimate of drug-likeness (QED) is 0.673. The fourth-order valence-corrected chi connectivity index (χ4v) is 3.69. The van der Waals surface area contributed by atoms with Gasteiger partial charge in [-0.15, -0.1) is 0 Å². The monoisotopic (exact) mass is 461 g/mol. The zero-order valence-electron chi connectivity index (χ0n) is 15.7. The molecule has 2 atom stereocenters. The Morgan fingerprint density at radius 2 is 1.83 bits per heavy atom. The Morgan fingerprint density at radius 3 is 2.28 bits per heavy atom. The highest BCUT2D eigenvalue weighted by atomic mass is 35.5. The third kappa shape index (κ3) is 6.83. The lowest BCUT2D eigenvalue weighted by Crippen LogP contribution is -2.45. The maximum Gasteiger partial charge on any atom is 0.296 e. The van der Waals surface area contributed by atoms with Crippen molar-refractivity contribution in [1.29, 1.82) is 0 Å². The number of rotatable bonds is 3. The van der Waals surface area contributed by atoms with Crippen LogP contribution >= 0.6 is 23.2 Å². The van der Waals surface area contributed by atoms with Crippen LogP contribution in [0.15, 0.2) is 41.4 Å². The van der Waals surface area contributed by atoms with Crippen LogP contribution in [0.5, 0.6) is 0 Å². The number of hydrogen-bond acceptors (Lipinski definition) is 6. The van der Waals surface area contributed by atoms with E-state index >= 15 is 0 Å². The number of benzene rings is 1. The third-order valence-corrected chi connectivity index (χ3v) is 5.34. The number of amides is 1. The van der Waals surface area contributed by atoms with E-state index in [9.17, 15) is 13.2 Å². The van der Waals surface area contributed by atoms with Crippen LogP contribution in [0.1, 0.15) is 24.2 Å². The Kier molecular flexibility index (Phi) is 7.84. The van der Waals surface area contributed by atoms with E-state index in [4.69, 9.17) is 38.2 Å². The number of nitrogens with zero attached hydrogens (tertiary/aromatic N) is 2. The van der Waals surface area contributed by atoms with Gasteiger partial charge in [0.2, 0.25) is 5.91 Å². The van der Waals surface area contributed by atoms with Gasteiger partial charge in [-0.1, -0.05) is 23.2 Å². The van der Waals surface area contributed by atoms with Crippen LogP contribution in [0.25, 0.3) is 0 Å². The summed E-state index contributed by atoms with van der Waals surface area (Å²) in [5.74, 6) is 0.135. The van der Waals surface area contributed by atoms with Crippen LogP contribution in [0.4, 0.5) is 5.82 Å². The number of primary amides is 1. The topological polar surface area (TPSA) is 123 Å². The van der Waals surface area contributed by atoms with Gasteiger partial charge in [-0.25, -0.2) is 4.98 Å². The molecule has 1 aromatic carbocycles. The molecular weight excluding hydrogens is 441 g/mol. The summed E-state index contributed by atoms with van der Waals surface area (Å²) in [4.78, 5) is 16.5. The average molecular weight is 462 g/mol. The highest BCUT2D eigenvalue weighted by molar-refractivity contribution is 7.85. The highest BCUT2D eigenvalue weighted by Gasteiger charge is 2.23. The molecule has 11 heteroatoms. The van der Waals surface area contributed by atoms with Gasteiger partial charge in [0, 0.05) is 18.1 Å². The molecule has 2 unspecified atom stereocenters. The molecule has 3 N–H and O–H groups in total. The summed E-state index contributed by atoms with van der Waals surface area (Å²) in [5.41, 5.74) is 5.29. The molecular formula is C18H21Cl2N3O5S. The van der Waals surface area contributed by atoms with Gasteiger partial charge in [0.15, 0.2) is 0 Å². The fraction of sp³-hybridized carbons (Fsp3) is 0.333. The van der Waals surface area contributed by atoms with Gasteiger partial charge >= 0.3 is 0 Å². The van der Waals surface area contributed by atoms with Gasteiger partial charge < -0.3 is 15.4 Å². The second-order valence-electron chi connectivity index (χ2n) is 6.48. The lowest BCUT2D eigenvalue weighted by Gasteiger charge is -2.36. The van der Waals surface area contributed by atoms with E-state index < -0.39 is 16.0 Å². The molecule has 1 fully saturated rings. The van der Waals surface area contributed by atoms with Crippen LogP contribution < -0.4 is 10.6 Å². The molecule has 1 aromatic heterocycles. The van der Waals surface area contributed by atoms with Crippen LogP contribution in [0.2, 0.25) is 10.0 Å². The molecule has 2 heterocycles. The number of nitrogens with two attached hydrogens (primary N) is 1. The smallest absolute Gasteiger partial charge is 0.296 e. The zero-order chi connectivity index (χ0) is 21.8. The van der Waals surface area contributed by atoms with E-state index in [-0.39, 0.29) is 27.7 Å². The number of anilines is 1. The Balaban J connectivity index is 0.000000234. The molecule has 0 bridgehead atoms. The predicted octanol–water partition coefficient (Wildman–Crippen LogP) is 3.03. The molecule has 1 amide bonds. The Morgan fingerprint density at radius 1 is 1.21 bits per heavy atom. The molecule has 3 rings (SSSR count). The average Bonchev–Trinajstić information content (AvgIpc) is 2.60. The molecule has 1 saturated heterocycles. The molecule has 0 aliphatic carbocycles. The first-order valence-corrected chi connectivity index (χ1v) is 10.8. The third-order valence-electron chi connectivity index (χ3n) is 3.96. The summed E-state index contributed by atoms with van der Waals surface area (Å²) in [6.45, 7) is 5.38. The van der Waals surface area contributed by atoms with Gasteiger partial charge in [0.25, 0.3) is 10.1 Å². The number of halogens is 2. The van der Waals surface area contributed by atoms with Crippen molar-refractivity contribution >= 4 is 45.0 Å². The van der Waals surface area contributed by atoms with Crippen molar-refractivity contribution in [3.63, 3.8) is 0 Å². The Hall–Kier alpha value is -1.91. The summed E-state index contributed by atoms with van der Waals surface area (Å²) in [5, 5.41) is 0.769. The molecule has 0 saturated carbocycles. The van der Waals surface area contributed by atoms with Gasteiger partial charge in [-0.05, 0) is 44.2 Å². The molecule has 2 aromatic rings. The van der Waals surface area contributed by atoms with Crippen molar-refractivity contribution in [1.82, 2.24) is 4.98 Å². The summed E-state index contributed by atoms with van der Waals surface area (Å²) in [7, 11) is -4.18. The second-order valence-corrected chi connectivity index (χ2v) is 8.74. The number of pyridine rings is 1. The lowest BCUT2D eigenvalue weighted by molar-refractivity contribution is -0.00546. The van der Waals surface area contributed by atoms with Crippen LogP contribution in [0, 0.1) is 0 Å². The van der Waals surface area contributed by atoms with Crippen molar-refractivity contribution in [3.8, 4) is 0 Å². The van der Waals surface area contributed by atoms with Gasteiger partial charge in [-0.2, -0.15) is 8.42 Å². The maximum atomic E-state index is 10.9. The molecule has 158 valence electrons. The summed E-state index contributed by atoms with van der Waals surface area (Å²) in [6.07, 6.45) is 1.38. The van der Waals surface area contributed by atoms with Gasteiger partial charge in [0.05, 0.1) is 29.0 Å². The Labute approximate surface area is 179 Å². The fourth-order valence-electron chi connectivity index (χ4n) is 2.77. The van der Waals surface area contributed by atoms with Crippen molar-refractivity contribution in [2.75, 3.05) is 18.0 Å². The first-order valence-electron chi connectivity index (χ1n) is 8.56. The van der Waals surface area contributed by atoms with E-state index in [0.29, 0.717) is 23.9 Å². The standard InChI is InChI=1S/C11H16N2O4S.C7H5Cl2NO/c1-8-6-13(7-9(2)17-8)11-4-3-10(5-12-11)18(14,15)16;8-4-1-2-5(7(10)11)6(9)3-4/h3-5,8-9H,6-7H2,1-2H3,(H,14,15,16);1-3H,(H2,10,11). The van der Waals surface area contributed by atoms with E-state index in [1.165, 1.54) is 18.2 Å². The van der Waals surface area contributed by atoms with Crippen LogP contribution in [-0.4, -0.2) is 49.2 Å². The van der Waals surface area contributed by atoms with E-state index in [0.717, 1.165) is 6.20 Å². The summed E-state index contributed by atoms with van der Waals surface area (Å²) < 4.78 is 36.3. The van der Waals surface area contributed by atoms with Crippen molar-refractivity contribution in [2.45, 2.75) is 31.0 Å². The van der Waals surface area contributed by atoms with Crippen molar-refractivity contribution in [2.24, 2.45) is 5.73 Å². The van der Waals surface area contributed by atoms with Gasteiger partial charge in [-0.3, -0.25) is 9.35 Å². The number of carbonyl (C=O) groups is 1. The molecule has 1 aliphatic rings. The highest BCUT2D eigenvalue weighted by Crippen LogP contribution is 2.20. The molecule has 0 spiro atoms. The molecule has 1 aliphatic heterocycles. The summed E-state index contributed by atoms with van der Waals surface area (Å²) >= 11 is 11.2. The van der Waals surface area contributed by atoms with E-state index in [1.807, 2.05) is 18.7 Å². The lowest BCUT2D eigenvalue weighted by atomic mass is 10.2. The minimum atomic E-state index is -4.18. The normalized spacial score (nSPS) is 19.3. The second kappa shape index (κ2) is 9.73. The predicted molar refractivity (Wildman–Crippen MR) is 111 cm³/mol. The number of aromatic nitrogens is 1. The first kappa shape index (κ1) is 23.4. The first-order chi connectivity index (χ1) is 13.5. The number of morpholine rings is 1. The minimum Gasteiger partial charge on any atom is -0.372 e. The van der Waals surface area contributed by atoms with E-state index in [1.54, 1.807) is 12.1 Å². The zero-order valence-corrected chi connectivity index (χ0v) is 18.1. The maximum absolute atomic E-state index is 10.9. The summed E-state index contributed by atoms with van der Waals surface area (Å²) in [6, 6.07) is 7.47. The van der Waals surface area contributed by atoms with Crippen molar-refractivity contribution < 1.29 is 22.5 Å². The van der Waals surface area contributed by atoms with Gasteiger partial charge in [0.1, 0.15) is 10.7 Å². The van der Waals surface area contributed by atoms with Crippen LogP contribution in [-0.2, 0) is 14.9 Å². The molecule has 29 heavy (non-hydrogen) atoms. The number of carbonyl (C=O) groups excluding carboxylic acids is 1. The molecule has 0 radical (unpaired) electrons. The van der Waals surface area contributed by atoms with Crippen molar-refractivity contribution in [3.05, 3.63) is 52.1 Å². The molecule has 8 nitrogen and oxygen atoms in total. The Bertz CT molecular complexity index is 960. The van der Waals surface area contributed by atoms with Crippen LogP contribution in [0.3, 0.4) is 0 Å². The SMILES string of the molecule is CC1CN(c2ccc(S(=O)(=O)O)cn2)CC(C)O1.NC(=O)c1ccc(Cl)cc1Cl.